The largest absolute Gasteiger partial charge is 0.342 e. The second kappa shape index (κ2) is 6.38. The zero-order valence-electron chi connectivity index (χ0n) is 13.8. The molecule has 126 valence electrons. The van der Waals surface area contributed by atoms with Gasteiger partial charge in [-0.05, 0) is 36.3 Å². The van der Waals surface area contributed by atoms with Gasteiger partial charge in [-0.25, -0.2) is 0 Å². The van der Waals surface area contributed by atoms with Gasteiger partial charge in [0.05, 0.1) is 5.92 Å². The average molecular weight is 325 g/mol. The van der Waals surface area contributed by atoms with E-state index in [0.29, 0.717) is 31.3 Å². The summed E-state index contributed by atoms with van der Waals surface area (Å²) in [4.78, 5) is 33.0. The molecular formula is C19H23N3O2. The minimum absolute atomic E-state index is 0.0792. The van der Waals surface area contributed by atoms with Gasteiger partial charge in [0, 0.05) is 45.0 Å². The Bertz CT molecular complexity index is 642. The van der Waals surface area contributed by atoms with Crippen LogP contribution in [0, 0.1) is 17.8 Å². The Labute approximate surface area is 142 Å². The van der Waals surface area contributed by atoms with Crippen LogP contribution < -0.4 is 0 Å². The molecule has 3 atom stereocenters. The number of aromatic nitrogens is 1. The zero-order valence-corrected chi connectivity index (χ0v) is 13.8. The van der Waals surface area contributed by atoms with Crippen molar-refractivity contribution in [1.82, 2.24) is 14.8 Å². The molecule has 2 amide bonds. The highest BCUT2D eigenvalue weighted by Gasteiger charge is 2.41. The number of rotatable bonds is 3. The Morgan fingerprint density at radius 3 is 2.58 bits per heavy atom. The molecule has 0 saturated carbocycles. The van der Waals surface area contributed by atoms with Gasteiger partial charge in [0.15, 0.2) is 0 Å². The van der Waals surface area contributed by atoms with E-state index in [-0.39, 0.29) is 17.7 Å². The van der Waals surface area contributed by atoms with Crippen molar-refractivity contribution in [2.45, 2.75) is 25.8 Å². The minimum atomic E-state index is -0.178. The third kappa shape index (κ3) is 2.95. The molecule has 2 fully saturated rings. The average Bonchev–Trinajstić information content (AvgIpc) is 3.19. The van der Waals surface area contributed by atoms with E-state index in [1.807, 2.05) is 17.0 Å². The molecule has 1 aromatic heterocycles. The third-order valence-electron chi connectivity index (χ3n) is 5.59. The summed E-state index contributed by atoms with van der Waals surface area (Å²) >= 11 is 0. The van der Waals surface area contributed by atoms with Crippen molar-refractivity contribution in [1.29, 1.82) is 0 Å². The summed E-state index contributed by atoms with van der Waals surface area (Å²) in [5, 5.41) is 0. The van der Waals surface area contributed by atoms with Crippen LogP contribution in [-0.4, -0.2) is 46.2 Å². The first-order valence-electron chi connectivity index (χ1n) is 8.81. The van der Waals surface area contributed by atoms with Crippen molar-refractivity contribution >= 4 is 11.8 Å². The lowest BCUT2D eigenvalue weighted by molar-refractivity contribution is -0.135. The van der Waals surface area contributed by atoms with Crippen LogP contribution in [0.15, 0.2) is 36.7 Å². The van der Waals surface area contributed by atoms with E-state index < -0.39 is 0 Å². The Morgan fingerprint density at radius 2 is 1.92 bits per heavy atom. The maximum absolute atomic E-state index is 12.8. The molecule has 1 unspecified atom stereocenters. The summed E-state index contributed by atoms with van der Waals surface area (Å²) < 4.78 is 0. The molecule has 0 spiro atoms. The number of amides is 2. The molecule has 2 aliphatic heterocycles. The Hall–Kier alpha value is -2.17. The number of carbonyl (C=O) groups excluding carboxylic acids is 2. The highest BCUT2D eigenvalue weighted by molar-refractivity contribution is 5.89. The van der Waals surface area contributed by atoms with Crippen molar-refractivity contribution in [2.75, 3.05) is 19.6 Å². The predicted octanol–water partition coefficient (Wildman–Crippen LogP) is 1.85. The molecule has 0 bridgehead atoms. The van der Waals surface area contributed by atoms with Gasteiger partial charge in [0.2, 0.25) is 11.8 Å². The number of fused-ring (bicyclic) bond motifs is 1. The Kier molecular flexibility index (Phi) is 4.08. The number of hydrogen-bond donors (Lipinski definition) is 0. The van der Waals surface area contributed by atoms with E-state index in [1.165, 1.54) is 0 Å². The maximum Gasteiger partial charge on any atom is 0.228 e. The molecule has 1 aromatic rings. The maximum atomic E-state index is 12.8. The first-order chi connectivity index (χ1) is 11.7. The minimum Gasteiger partial charge on any atom is -0.342 e. The summed E-state index contributed by atoms with van der Waals surface area (Å²) in [6.07, 6.45) is 10.5. The van der Waals surface area contributed by atoms with Crippen molar-refractivity contribution in [3.8, 4) is 0 Å². The van der Waals surface area contributed by atoms with Crippen molar-refractivity contribution in [3.05, 3.63) is 42.2 Å². The molecule has 4 rings (SSSR count). The van der Waals surface area contributed by atoms with Gasteiger partial charge < -0.3 is 9.80 Å². The van der Waals surface area contributed by atoms with E-state index in [4.69, 9.17) is 0 Å². The molecular weight excluding hydrogens is 302 g/mol. The van der Waals surface area contributed by atoms with Gasteiger partial charge >= 0.3 is 0 Å². The van der Waals surface area contributed by atoms with Crippen molar-refractivity contribution in [3.63, 3.8) is 0 Å². The fourth-order valence-electron chi connectivity index (χ4n) is 4.26. The summed E-state index contributed by atoms with van der Waals surface area (Å²) in [6, 6.07) is 3.84. The van der Waals surface area contributed by atoms with Crippen molar-refractivity contribution in [2.24, 2.45) is 17.8 Å². The van der Waals surface area contributed by atoms with Gasteiger partial charge in [-0.15, -0.1) is 0 Å². The number of allylic oxidation sites excluding steroid dienone is 2. The van der Waals surface area contributed by atoms with Crippen LogP contribution in [0.25, 0.3) is 0 Å². The summed E-state index contributed by atoms with van der Waals surface area (Å²) in [5.41, 5.74) is 1.01. The second-order valence-corrected chi connectivity index (χ2v) is 7.24. The summed E-state index contributed by atoms with van der Waals surface area (Å²) in [7, 11) is 0. The standard InChI is InChI=1S/C19H23N3O2/c23-18-8-17(13-21(18)10-14-4-3-7-20-9-14)19(24)22-11-15-5-1-2-6-16(15)12-22/h1-4,7,9,15-17H,5-6,8,10-13H2/t15-,16+,17?. The quantitative estimate of drug-likeness (QED) is 0.797. The highest BCUT2D eigenvalue weighted by atomic mass is 16.2. The molecule has 1 aliphatic carbocycles. The van der Waals surface area contributed by atoms with Crippen LogP contribution in [0.1, 0.15) is 24.8 Å². The lowest BCUT2D eigenvalue weighted by Crippen LogP contribution is -2.36. The Balaban J connectivity index is 1.37. The smallest absolute Gasteiger partial charge is 0.228 e. The topological polar surface area (TPSA) is 53.5 Å². The fourth-order valence-corrected chi connectivity index (χ4v) is 4.26. The molecule has 3 heterocycles. The van der Waals surface area contributed by atoms with Crippen LogP contribution in [0.5, 0.6) is 0 Å². The second-order valence-electron chi connectivity index (χ2n) is 7.24. The van der Waals surface area contributed by atoms with Gasteiger partial charge in [-0.1, -0.05) is 18.2 Å². The first kappa shape index (κ1) is 15.4. The molecule has 24 heavy (non-hydrogen) atoms. The lowest BCUT2D eigenvalue weighted by atomic mass is 9.86. The Morgan fingerprint density at radius 1 is 1.17 bits per heavy atom. The van der Waals surface area contributed by atoms with Gasteiger partial charge in [-0.3, -0.25) is 14.6 Å². The van der Waals surface area contributed by atoms with Crippen LogP contribution in [0.2, 0.25) is 0 Å². The SMILES string of the molecule is O=C1CC(C(=O)N2C[C@H]3CC=CC[C@H]3C2)CN1Cc1cccnc1. The molecule has 5 nitrogen and oxygen atoms in total. The molecule has 0 N–H and O–H groups in total. The monoisotopic (exact) mass is 325 g/mol. The first-order valence-corrected chi connectivity index (χ1v) is 8.81. The van der Waals surface area contributed by atoms with Crippen molar-refractivity contribution < 1.29 is 9.59 Å². The molecule has 2 saturated heterocycles. The zero-order chi connectivity index (χ0) is 16.5. The molecule has 0 radical (unpaired) electrons. The predicted molar refractivity (Wildman–Crippen MR) is 89.7 cm³/mol. The van der Waals surface area contributed by atoms with Crippen LogP contribution in [-0.2, 0) is 16.1 Å². The van der Waals surface area contributed by atoms with E-state index in [2.05, 4.69) is 17.1 Å². The summed E-state index contributed by atoms with van der Waals surface area (Å²) in [5.74, 6) is 1.30. The molecule has 0 aromatic carbocycles. The molecule has 5 heteroatoms. The van der Waals surface area contributed by atoms with Gasteiger partial charge in [0.1, 0.15) is 0 Å². The molecule has 3 aliphatic rings. The lowest BCUT2D eigenvalue weighted by Gasteiger charge is -2.21. The number of carbonyl (C=O) groups is 2. The van der Waals surface area contributed by atoms with Crippen LogP contribution >= 0.6 is 0 Å². The number of pyridine rings is 1. The number of nitrogens with zero attached hydrogens (tertiary/aromatic N) is 3. The fraction of sp³-hybridized carbons (Fsp3) is 0.526. The van der Waals surface area contributed by atoms with Gasteiger partial charge in [0.25, 0.3) is 0 Å². The van der Waals surface area contributed by atoms with E-state index >= 15 is 0 Å². The van der Waals surface area contributed by atoms with E-state index in [1.54, 1.807) is 17.3 Å². The number of hydrogen-bond acceptors (Lipinski definition) is 3. The van der Waals surface area contributed by atoms with Crippen LogP contribution in [0.4, 0.5) is 0 Å². The van der Waals surface area contributed by atoms with Gasteiger partial charge in [-0.2, -0.15) is 0 Å². The number of likely N-dealkylation sites (tertiary alicyclic amines) is 2. The van der Waals surface area contributed by atoms with E-state index in [9.17, 15) is 9.59 Å². The highest BCUT2D eigenvalue weighted by Crippen LogP contribution is 2.34. The summed E-state index contributed by atoms with van der Waals surface area (Å²) in [6.45, 7) is 2.81. The normalized spacial score (nSPS) is 29.2. The third-order valence-corrected chi connectivity index (χ3v) is 5.59. The van der Waals surface area contributed by atoms with E-state index in [0.717, 1.165) is 31.5 Å². The van der Waals surface area contributed by atoms with Crippen LogP contribution in [0.3, 0.4) is 0 Å².